The van der Waals surface area contributed by atoms with Gasteiger partial charge in [-0.15, -0.1) is 15.0 Å². The predicted molar refractivity (Wildman–Crippen MR) is 68.6 cm³/mol. The highest BCUT2D eigenvalue weighted by Gasteiger charge is 2.10. The molecule has 1 aromatic heterocycles. The maximum Gasteiger partial charge on any atom is 0.331 e. The Bertz CT molecular complexity index is 567. The molecule has 7 heteroatoms. The first-order chi connectivity index (χ1) is 9.12. The average Bonchev–Trinajstić information content (AvgIpc) is 2.42. The fourth-order valence-electron chi connectivity index (χ4n) is 1.37. The Morgan fingerprint density at radius 2 is 1.53 bits per heavy atom. The first-order valence-electron chi connectivity index (χ1n) is 5.50. The number of hydrogen-bond acceptors (Lipinski definition) is 7. The predicted octanol–water partition coefficient (Wildman–Crippen LogP) is 1.57. The maximum absolute atomic E-state index is 5.71. The molecule has 100 valence electrons. The summed E-state index contributed by atoms with van der Waals surface area (Å²) in [6.07, 6.45) is 0. The molecule has 0 bridgehead atoms. The molecular weight excluding hydrogens is 248 g/mol. The Morgan fingerprint density at radius 1 is 0.947 bits per heavy atom. The van der Waals surface area contributed by atoms with Gasteiger partial charge in [-0.05, 0) is 18.6 Å². The quantitative estimate of drug-likeness (QED) is 0.836. The Balaban J connectivity index is 2.34. The number of rotatable bonds is 4. The van der Waals surface area contributed by atoms with Gasteiger partial charge in [0.15, 0.2) is 0 Å². The summed E-state index contributed by atoms with van der Waals surface area (Å²) < 4.78 is 15.5. The average molecular weight is 262 g/mol. The Labute approximate surface area is 110 Å². The minimum atomic E-state index is 0.0809. The normalized spacial score (nSPS) is 10.1. The molecule has 0 radical (unpaired) electrons. The van der Waals surface area contributed by atoms with Crippen molar-refractivity contribution < 1.29 is 14.2 Å². The number of anilines is 1. The van der Waals surface area contributed by atoms with E-state index in [0.717, 1.165) is 5.56 Å². The molecular formula is C12H14N4O3. The van der Waals surface area contributed by atoms with Gasteiger partial charge >= 0.3 is 18.0 Å². The molecule has 0 saturated carbocycles. The molecule has 0 spiro atoms. The van der Waals surface area contributed by atoms with Crippen molar-refractivity contribution in [1.82, 2.24) is 15.0 Å². The van der Waals surface area contributed by atoms with E-state index >= 15 is 0 Å². The lowest BCUT2D eigenvalue weighted by atomic mass is 10.2. The van der Waals surface area contributed by atoms with E-state index in [9.17, 15) is 0 Å². The van der Waals surface area contributed by atoms with Crippen molar-refractivity contribution in [2.75, 3.05) is 20.0 Å². The van der Waals surface area contributed by atoms with Crippen LogP contribution < -0.4 is 19.9 Å². The van der Waals surface area contributed by atoms with Crippen LogP contribution in [0, 0.1) is 6.92 Å². The number of nitrogen functional groups attached to an aromatic ring is 1. The minimum absolute atomic E-state index is 0.0809. The van der Waals surface area contributed by atoms with Gasteiger partial charge in [0.1, 0.15) is 5.75 Å². The smallest absolute Gasteiger partial charge is 0.331 e. The second-order valence-corrected chi connectivity index (χ2v) is 3.72. The highest BCUT2D eigenvalue weighted by molar-refractivity contribution is 5.48. The molecule has 7 nitrogen and oxygen atoms in total. The third-order valence-corrected chi connectivity index (χ3v) is 2.35. The number of benzene rings is 1. The number of methoxy groups -OCH3 is 2. The first kappa shape index (κ1) is 12.9. The zero-order valence-electron chi connectivity index (χ0n) is 10.9. The molecule has 19 heavy (non-hydrogen) atoms. The van der Waals surface area contributed by atoms with E-state index in [2.05, 4.69) is 15.0 Å². The Kier molecular flexibility index (Phi) is 3.65. The minimum Gasteiger partial charge on any atom is -0.467 e. The van der Waals surface area contributed by atoms with Crippen LogP contribution in [0.25, 0.3) is 0 Å². The topological polar surface area (TPSA) is 92.4 Å². The van der Waals surface area contributed by atoms with Crippen LogP contribution in [-0.4, -0.2) is 29.2 Å². The highest BCUT2D eigenvalue weighted by Crippen LogP contribution is 2.26. The van der Waals surface area contributed by atoms with E-state index in [-0.39, 0.29) is 18.0 Å². The molecule has 0 saturated heterocycles. The van der Waals surface area contributed by atoms with Gasteiger partial charge in [-0.3, -0.25) is 0 Å². The molecule has 2 aromatic rings. The monoisotopic (exact) mass is 262 g/mol. The molecule has 2 rings (SSSR count). The highest BCUT2D eigenvalue weighted by atomic mass is 16.5. The molecule has 0 aliphatic heterocycles. The van der Waals surface area contributed by atoms with Crippen LogP contribution >= 0.6 is 0 Å². The Morgan fingerprint density at radius 3 is 2.11 bits per heavy atom. The summed E-state index contributed by atoms with van der Waals surface area (Å²) in [4.78, 5) is 11.8. The number of hydrogen-bond donors (Lipinski definition) is 1. The number of nitrogens with zero attached hydrogens (tertiary/aromatic N) is 3. The van der Waals surface area contributed by atoms with Gasteiger partial charge in [-0.25, -0.2) is 0 Å². The molecule has 1 heterocycles. The summed E-state index contributed by atoms with van der Waals surface area (Å²) in [6.45, 7) is 1.89. The number of ether oxygens (including phenoxy) is 3. The van der Waals surface area contributed by atoms with E-state index in [1.807, 2.05) is 13.0 Å². The lowest BCUT2D eigenvalue weighted by Gasteiger charge is -2.09. The van der Waals surface area contributed by atoms with Crippen LogP contribution in [0.4, 0.5) is 5.69 Å². The van der Waals surface area contributed by atoms with Crippen molar-refractivity contribution in [3.8, 4) is 23.8 Å². The largest absolute Gasteiger partial charge is 0.467 e. The van der Waals surface area contributed by atoms with E-state index in [0.29, 0.717) is 11.4 Å². The number of nitrogens with two attached hydrogens (primary N) is 1. The zero-order valence-corrected chi connectivity index (χ0v) is 10.9. The van der Waals surface area contributed by atoms with Crippen LogP contribution in [0.3, 0.4) is 0 Å². The standard InChI is InChI=1S/C12H14N4O3/c1-7-4-5-8(13)6-9(7)19-12-15-10(17-2)14-11(16-12)18-3/h4-6H,13H2,1-3H3. The van der Waals surface area contributed by atoms with E-state index in [1.165, 1.54) is 14.2 Å². The van der Waals surface area contributed by atoms with Crippen LogP contribution in [-0.2, 0) is 0 Å². The van der Waals surface area contributed by atoms with Gasteiger partial charge in [-0.2, -0.15) is 0 Å². The molecule has 0 fully saturated rings. The van der Waals surface area contributed by atoms with Gasteiger partial charge in [-0.1, -0.05) is 6.07 Å². The van der Waals surface area contributed by atoms with Gasteiger partial charge in [0, 0.05) is 11.8 Å². The lowest BCUT2D eigenvalue weighted by molar-refractivity contribution is 0.320. The fourth-order valence-corrected chi connectivity index (χ4v) is 1.37. The number of aromatic nitrogens is 3. The van der Waals surface area contributed by atoms with Crippen LogP contribution in [0.15, 0.2) is 18.2 Å². The summed E-state index contributed by atoms with van der Waals surface area (Å²) in [5.74, 6) is 0.565. The second-order valence-electron chi connectivity index (χ2n) is 3.72. The number of aryl methyl sites for hydroxylation is 1. The molecule has 0 amide bonds. The fraction of sp³-hybridized carbons (Fsp3) is 0.250. The van der Waals surface area contributed by atoms with Crippen molar-refractivity contribution in [3.05, 3.63) is 23.8 Å². The molecule has 2 N–H and O–H groups in total. The Hall–Kier alpha value is -2.57. The van der Waals surface area contributed by atoms with Crippen molar-refractivity contribution in [1.29, 1.82) is 0 Å². The van der Waals surface area contributed by atoms with Crippen LogP contribution in [0.5, 0.6) is 23.8 Å². The summed E-state index contributed by atoms with van der Waals surface area (Å²) >= 11 is 0. The van der Waals surface area contributed by atoms with Gasteiger partial charge < -0.3 is 19.9 Å². The van der Waals surface area contributed by atoms with Crippen molar-refractivity contribution in [3.63, 3.8) is 0 Å². The van der Waals surface area contributed by atoms with Gasteiger partial charge in [0.25, 0.3) is 0 Å². The summed E-state index contributed by atoms with van der Waals surface area (Å²) in [7, 11) is 2.90. The van der Waals surface area contributed by atoms with Crippen LogP contribution in [0.1, 0.15) is 5.56 Å². The summed E-state index contributed by atoms with van der Waals surface area (Å²) in [5.41, 5.74) is 7.21. The summed E-state index contributed by atoms with van der Waals surface area (Å²) in [6, 6.07) is 5.64. The van der Waals surface area contributed by atoms with Crippen LogP contribution in [0.2, 0.25) is 0 Å². The third kappa shape index (κ3) is 3.01. The lowest BCUT2D eigenvalue weighted by Crippen LogP contribution is -2.02. The van der Waals surface area contributed by atoms with E-state index in [4.69, 9.17) is 19.9 Å². The molecule has 0 aliphatic carbocycles. The zero-order chi connectivity index (χ0) is 13.8. The second kappa shape index (κ2) is 5.38. The van der Waals surface area contributed by atoms with E-state index < -0.39 is 0 Å². The molecule has 0 aliphatic rings. The SMILES string of the molecule is COc1nc(OC)nc(Oc2cc(N)ccc2C)n1. The van der Waals surface area contributed by atoms with Crippen molar-refractivity contribution in [2.45, 2.75) is 6.92 Å². The van der Waals surface area contributed by atoms with Gasteiger partial charge in [0.05, 0.1) is 14.2 Å². The molecule has 1 aromatic carbocycles. The van der Waals surface area contributed by atoms with Gasteiger partial charge in [0.2, 0.25) is 0 Å². The molecule has 0 unspecified atom stereocenters. The van der Waals surface area contributed by atoms with E-state index in [1.54, 1.807) is 12.1 Å². The maximum atomic E-state index is 5.71. The molecule has 0 atom stereocenters. The third-order valence-electron chi connectivity index (χ3n) is 2.35. The first-order valence-corrected chi connectivity index (χ1v) is 5.50. The summed E-state index contributed by atoms with van der Waals surface area (Å²) in [5, 5.41) is 0. The van der Waals surface area contributed by atoms with Crippen molar-refractivity contribution >= 4 is 5.69 Å². The van der Waals surface area contributed by atoms with Crippen molar-refractivity contribution in [2.24, 2.45) is 0 Å².